The summed E-state index contributed by atoms with van der Waals surface area (Å²) in [6.45, 7) is 5.47. The third-order valence-corrected chi connectivity index (χ3v) is 5.64. The van der Waals surface area contributed by atoms with E-state index in [2.05, 4.69) is 69.9 Å². The molecule has 0 amide bonds. The maximum Gasteiger partial charge on any atom is 0.110 e. The maximum absolute atomic E-state index is 4.57. The van der Waals surface area contributed by atoms with Crippen LogP contribution in [0.4, 0.5) is 0 Å². The highest BCUT2D eigenvalue weighted by Gasteiger charge is 2.34. The van der Waals surface area contributed by atoms with Crippen LogP contribution in [0.25, 0.3) is 5.69 Å². The average molecular weight is 310 g/mol. The van der Waals surface area contributed by atoms with E-state index in [1.54, 1.807) is 0 Å². The van der Waals surface area contributed by atoms with Gasteiger partial charge in [-0.3, -0.25) is 14.4 Å². The molecular weight excluding hydrogens is 284 g/mol. The van der Waals surface area contributed by atoms with Crippen molar-refractivity contribution in [3.63, 3.8) is 0 Å². The van der Waals surface area contributed by atoms with Gasteiger partial charge in [0.15, 0.2) is 0 Å². The molecule has 0 aliphatic carbocycles. The van der Waals surface area contributed by atoms with Gasteiger partial charge < -0.3 is 0 Å². The van der Waals surface area contributed by atoms with Crippen molar-refractivity contribution in [3.8, 4) is 5.69 Å². The summed E-state index contributed by atoms with van der Waals surface area (Å²) in [5.74, 6) is 1.07. The minimum absolute atomic E-state index is 0.733. The van der Waals surface area contributed by atoms with Gasteiger partial charge in [0.1, 0.15) is 5.82 Å². The van der Waals surface area contributed by atoms with E-state index in [9.17, 15) is 0 Å². The van der Waals surface area contributed by atoms with Crippen molar-refractivity contribution in [2.24, 2.45) is 0 Å². The first kappa shape index (κ1) is 14.9. The van der Waals surface area contributed by atoms with Crippen LogP contribution >= 0.6 is 0 Å². The summed E-state index contributed by atoms with van der Waals surface area (Å²) >= 11 is 0. The smallest absolute Gasteiger partial charge is 0.110 e. The number of rotatable bonds is 3. The lowest BCUT2D eigenvalue weighted by Gasteiger charge is -2.26. The molecule has 2 saturated heterocycles. The molecule has 3 heterocycles. The largest absolute Gasteiger partial charge is 0.300 e. The van der Waals surface area contributed by atoms with E-state index in [4.69, 9.17) is 0 Å². The van der Waals surface area contributed by atoms with Gasteiger partial charge in [-0.25, -0.2) is 4.98 Å². The summed E-state index contributed by atoms with van der Waals surface area (Å²) in [6, 6.07) is 12.1. The molecule has 2 fully saturated rings. The van der Waals surface area contributed by atoms with Crippen LogP contribution in [0.2, 0.25) is 0 Å². The number of likely N-dealkylation sites (N-methyl/N-ethyl adjacent to an activating group) is 1. The fourth-order valence-electron chi connectivity index (χ4n) is 4.28. The lowest BCUT2D eigenvalue weighted by atomic mass is 10.1. The van der Waals surface area contributed by atoms with Crippen molar-refractivity contribution in [1.29, 1.82) is 0 Å². The molecule has 1 aromatic heterocycles. The predicted octanol–water partition coefficient (Wildman–Crippen LogP) is 2.85. The molecular formula is C19H26N4. The first-order chi connectivity index (χ1) is 11.2. The fraction of sp³-hybridized carbons (Fsp3) is 0.526. The minimum Gasteiger partial charge on any atom is -0.300 e. The second-order valence-corrected chi connectivity index (χ2v) is 7.04. The van der Waals surface area contributed by atoms with Gasteiger partial charge in [0.25, 0.3) is 0 Å². The number of benzene rings is 1. The van der Waals surface area contributed by atoms with E-state index >= 15 is 0 Å². The highest BCUT2D eigenvalue weighted by molar-refractivity contribution is 5.35. The molecule has 0 saturated carbocycles. The van der Waals surface area contributed by atoms with Crippen molar-refractivity contribution < 1.29 is 0 Å². The quantitative estimate of drug-likeness (QED) is 0.871. The molecule has 2 aliphatic rings. The van der Waals surface area contributed by atoms with E-state index in [1.807, 2.05) is 0 Å². The molecule has 0 N–H and O–H groups in total. The van der Waals surface area contributed by atoms with Crippen LogP contribution in [0.5, 0.6) is 0 Å². The summed E-state index contributed by atoms with van der Waals surface area (Å²) < 4.78 is 2.30. The van der Waals surface area contributed by atoms with Crippen molar-refractivity contribution in [3.05, 3.63) is 48.0 Å². The number of nitrogens with zero attached hydrogens (tertiary/aromatic N) is 4. The van der Waals surface area contributed by atoms with Crippen LogP contribution in [0.1, 0.15) is 30.8 Å². The summed E-state index contributed by atoms with van der Waals surface area (Å²) in [7, 11) is 2.31. The van der Waals surface area contributed by atoms with Crippen LogP contribution in [0.3, 0.4) is 0 Å². The summed E-state index contributed by atoms with van der Waals surface area (Å²) in [5.41, 5.74) is 2.51. The van der Waals surface area contributed by atoms with Crippen LogP contribution in [-0.4, -0.2) is 51.6 Å². The molecule has 23 heavy (non-hydrogen) atoms. The third kappa shape index (κ3) is 2.81. The zero-order valence-electron chi connectivity index (χ0n) is 14.2. The van der Waals surface area contributed by atoms with Crippen molar-refractivity contribution in [1.82, 2.24) is 19.4 Å². The van der Waals surface area contributed by atoms with Crippen molar-refractivity contribution in [2.75, 3.05) is 20.1 Å². The van der Waals surface area contributed by atoms with Crippen LogP contribution in [0, 0.1) is 6.92 Å². The Morgan fingerprint density at radius 1 is 1.09 bits per heavy atom. The SMILES string of the molecule is Cc1ncc(CN2CCC3CCC(C2)N3C)n1-c1ccccc1. The Kier molecular flexibility index (Phi) is 3.95. The zero-order valence-corrected chi connectivity index (χ0v) is 14.2. The Labute approximate surface area is 138 Å². The Balaban J connectivity index is 1.56. The van der Waals surface area contributed by atoms with Gasteiger partial charge in [-0.15, -0.1) is 0 Å². The van der Waals surface area contributed by atoms with Crippen LogP contribution in [-0.2, 0) is 6.54 Å². The molecule has 1 aromatic carbocycles. The molecule has 4 nitrogen and oxygen atoms in total. The normalized spacial score (nSPS) is 25.7. The average Bonchev–Trinajstić information content (AvgIpc) is 3.03. The topological polar surface area (TPSA) is 24.3 Å². The van der Waals surface area contributed by atoms with Crippen molar-refractivity contribution >= 4 is 0 Å². The highest BCUT2D eigenvalue weighted by atomic mass is 15.3. The molecule has 0 radical (unpaired) electrons. The number of fused-ring (bicyclic) bond motifs is 2. The van der Waals surface area contributed by atoms with Crippen molar-refractivity contribution in [2.45, 2.75) is 44.8 Å². The minimum atomic E-state index is 0.733. The Morgan fingerprint density at radius 2 is 1.87 bits per heavy atom. The first-order valence-corrected chi connectivity index (χ1v) is 8.75. The second-order valence-electron chi connectivity index (χ2n) is 7.04. The zero-order chi connectivity index (χ0) is 15.8. The van der Waals surface area contributed by atoms with E-state index in [0.29, 0.717) is 0 Å². The van der Waals surface area contributed by atoms with Gasteiger partial charge in [-0.2, -0.15) is 0 Å². The highest BCUT2D eigenvalue weighted by Crippen LogP contribution is 2.29. The van der Waals surface area contributed by atoms with E-state index < -0.39 is 0 Å². The number of likely N-dealkylation sites (tertiary alicyclic amines) is 1. The summed E-state index contributed by atoms with van der Waals surface area (Å²) in [4.78, 5) is 9.80. The lowest BCUT2D eigenvalue weighted by Crippen LogP contribution is -2.36. The summed E-state index contributed by atoms with van der Waals surface area (Å²) in [6.07, 6.45) is 6.09. The van der Waals surface area contributed by atoms with E-state index in [-0.39, 0.29) is 0 Å². The molecule has 2 atom stereocenters. The molecule has 2 bridgehead atoms. The lowest BCUT2D eigenvalue weighted by molar-refractivity contribution is 0.212. The van der Waals surface area contributed by atoms with Crippen LogP contribution in [0.15, 0.2) is 36.5 Å². The van der Waals surface area contributed by atoms with E-state index in [0.717, 1.165) is 24.5 Å². The third-order valence-electron chi connectivity index (χ3n) is 5.64. The molecule has 0 spiro atoms. The Bertz CT molecular complexity index is 663. The molecule has 2 aliphatic heterocycles. The van der Waals surface area contributed by atoms with Crippen LogP contribution < -0.4 is 0 Å². The van der Waals surface area contributed by atoms with Gasteiger partial charge in [0.2, 0.25) is 0 Å². The monoisotopic (exact) mass is 310 g/mol. The number of hydrogen-bond acceptors (Lipinski definition) is 3. The van der Waals surface area contributed by atoms with Gasteiger partial charge in [0, 0.05) is 37.4 Å². The van der Waals surface area contributed by atoms with Gasteiger partial charge in [-0.1, -0.05) is 18.2 Å². The maximum atomic E-state index is 4.57. The fourth-order valence-corrected chi connectivity index (χ4v) is 4.28. The Morgan fingerprint density at radius 3 is 2.70 bits per heavy atom. The standard InChI is InChI=1S/C19H26N4/c1-15-20-12-19(23(15)17-6-4-3-5-7-17)14-22-11-10-16-8-9-18(13-22)21(16)2/h3-7,12,16,18H,8-11,13-14H2,1-2H3. The predicted molar refractivity (Wildman–Crippen MR) is 92.8 cm³/mol. The molecule has 2 aromatic rings. The van der Waals surface area contributed by atoms with E-state index in [1.165, 1.54) is 43.7 Å². The number of imidazole rings is 1. The van der Waals surface area contributed by atoms with Gasteiger partial charge in [-0.05, 0) is 45.4 Å². The molecule has 122 valence electrons. The number of aryl methyl sites for hydroxylation is 1. The van der Waals surface area contributed by atoms with Gasteiger partial charge in [0.05, 0.1) is 11.9 Å². The molecule has 2 unspecified atom stereocenters. The Hall–Kier alpha value is -1.65. The second kappa shape index (κ2) is 6.10. The number of aromatic nitrogens is 2. The molecule has 4 rings (SSSR count). The molecule has 4 heteroatoms. The summed E-state index contributed by atoms with van der Waals surface area (Å²) in [5, 5.41) is 0. The number of hydrogen-bond donors (Lipinski definition) is 0. The number of para-hydroxylation sites is 1. The van der Waals surface area contributed by atoms with Gasteiger partial charge >= 0.3 is 0 Å². The first-order valence-electron chi connectivity index (χ1n) is 8.75.